The number of rotatable bonds is 5. The van der Waals surface area contributed by atoms with Crippen LogP contribution in [-0.2, 0) is 4.79 Å². The molecular formula is C12H14N4O2. The monoisotopic (exact) mass is 246 g/mol. The summed E-state index contributed by atoms with van der Waals surface area (Å²) >= 11 is 0. The first kappa shape index (κ1) is 12.1. The second kappa shape index (κ2) is 5.31. The van der Waals surface area contributed by atoms with Crippen molar-refractivity contribution in [3.05, 3.63) is 30.9 Å². The predicted octanol–water partition coefficient (Wildman–Crippen LogP) is 1.75. The molecule has 0 amide bonds. The summed E-state index contributed by atoms with van der Waals surface area (Å²) < 4.78 is 0. The zero-order valence-electron chi connectivity index (χ0n) is 9.92. The van der Waals surface area contributed by atoms with Gasteiger partial charge in [0.25, 0.3) is 0 Å². The van der Waals surface area contributed by atoms with Crippen LogP contribution in [0.25, 0.3) is 11.1 Å². The van der Waals surface area contributed by atoms with Crippen molar-refractivity contribution in [2.45, 2.75) is 19.4 Å². The van der Waals surface area contributed by atoms with E-state index in [9.17, 15) is 4.79 Å². The SMILES string of the molecule is CC(CC(=O)O)Nc1ncc(-c2cc[nH]c2)cn1. The minimum Gasteiger partial charge on any atom is -0.481 e. The summed E-state index contributed by atoms with van der Waals surface area (Å²) in [6.45, 7) is 1.78. The average molecular weight is 246 g/mol. The lowest BCUT2D eigenvalue weighted by Crippen LogP contribution is -2.20. The highest BCUT2D eigenvalue weighted by molar-refractivity contribution is 5.68. The highest BCUT2D eigenvalue weighted by Crippen LogP contribution is 2.16. The molecule has 6 heteroatoms. The molecule has 6 nitrogen and oxygen atoms in total. The van der Waals surface area contributed by atoms with E-state index in [1.807, 2.05) is 18.5 Å². The number of carboxylic acids is 1. The number of carbonyl (C=O) groups is 1. The number of H-pyrrole nitrogens is 1. The Labute approximate surface area is 104 Å². The first-order valence-corrected chi connectivity index (χ1v) is 5.58. The molecular weight excluding hydrogens is 232 g/mol. The quantitative estimate of drug-likeness (QED) is 0.747. The van der Waals surface area contributed by atoms with Crippen LogP contribution in [0.15, 0.2) is 30.9 Å². The number of hydrogen-bond donors (Lipinski definition) is 3. The van der Waals surface area contributed by atoms with Gasteiger partial charge in [-0.2, -0.15) is 0 Å². The van der Waals surface area contributed by atoms with Crippen LogP contribution in [-0.4, -0.2) is 32.1 Å². The Morgan fingerprint density at radius 1 is 1.44 bits per heavy atom. The third kappa shape index (κ3) is 3.07. The first-order chi connectivity index (χ1) is 8.65. The van der Waals surface area contributed by atoms with Crippen LogP contribution in [0.4, 0.5) is 5.95 Å². The van der Waals surface area contributed by atoms with E-state index < -0.39 is 5.97 Å². The molecule has 0 bridgehead atoms. The number of aromatic nitrogens is 3. The minimum atomic E-state index is -0.848. The fraction of sp³-hybridized carbons (Fsp3) is 0.250. The largest absolute Gasteiger partial charge is 0.481 e. The minimum absolute atomic E-state index is 0.0307. The normalized spacial score (nSPS) is 12.1. The van der Waals surface area contributed by atoms with Crippen molar-refractivity contribution < 1.29 is 9.90 Å². The number of aromatic amines is 1. The Kier molecular flexibility index (Phi) is 3.57. The fourth-order valence-corrected chi connectivity index (χ4v) is 1.59. The summed E-state index contributed by atoms with van der Waals surface area (Å²) in [4.78, 5) is 21.8. The van der Waals surface area contributed by atoms with E-state index >= 15 is 0 Å². The van der Waals surface area contributed by atoms with Crippen LogP contribution in [0.2, 0.25) is 0 Å². The Morgan fingerprint density at radius 3 is 2.72 bits per heavy atom. The van der Waals surface area contributed by atoms with Crippen LogP contribution >= 0.6 is 0 Å². The molecule has 2 heterocycles. The molecule has 0 spiro atoms. The van der Waals surface area contributed by atoms with E-state index in [-0.39, 0.29) is 12.5 Å². The summed E-state index contributed by atoms with van der Waals surface area (Å²) in [6.07, 6.45) is 7.12. The lowest BCUT2D eigenvalue weighted by Gasteiger charge is -2.11. The number of aliphatic carboxylic acids is 1. The third-order valence-electron chi connectivity index (χ3n) is 2.44. The van der Waals surface area contributed by atoms with Crippen molar-refractivity contribution >= 4 is 11.9 Å². The van der Waals surface area contributed by atoms with Crippen molar-refractivity contribution in [2.24, 2.45) is 0 Å². The van der Waals surface area contributed by atoms with Gasteiger partial charge in [-0.3, -0.25) is 4.79 Å². The third-order valence-corrected chi connectivity index (χ3v) is 2.44. The lowest BCUT2D eigenvalue weighted by molar-refractivity contribution is -0.137. The number of carboxylic acid groups (broad SMARTS) is 1. The van der Waals surface area contributed by atoms with Gasteiger partial charge in [0.15, 0.2) is 0 Å². The van der Waals surface area contributed by atoms with E-state index in [1.54, 1.807) is 19.3 Å². The fourth-order valence-electron chi connectivity index (χ4n) is 1.59. The van der Waals surface area contributed by atoms with E-state index in [4.69, 9.17) is 5.11 Å². The second-order valence-corrected chi connectivity index (χ2v) is 4.04. The van der Waals surface area contributed by atoms with Gasteiger partial charge >= 0.3 is 5.97 Å². The van der Waals surface area contributed by atoms with Gasteiger partial charge in [0.2, 0.25) is 5.95 Å². The van der Waals surface area contributed by atoms with Crippen molar-refractivity contribution in [3.63, 3.8) is 0 Å². The molecule has 18 heavy (non-hydrogen) atoms. The van der Waals surface area contributed by atoms with Gasteiger partial charge in [-0.1, -0.05) is 0 Å². The van der Waals surface area contributed by atoms with E-state index in [1.165, 1.54) is 0 Å². The van der Waals surface area contributed by atoms with Gasteiger partial charge in [0, 0.05) is 42.0 Å². The molecule has 1 atom stereocenters. The Morgan fingerprint density at radius 2 is 2.17 bits per heavy atom. The van der Waals surface area contributed by atoms with Crippen LogP contribution in [0.5, 0.6) is 0 Å². The maximum absolute atomic E-state index is 10.5. The van der Waals surface area contributed by atoms with E-state index in [0.717, 1.165) is 11.1 Å². The summed E-state index contributed by atoms with van der Waals surface area (Å²) in [5, 5.41) is 11.6. The summed E-state index contributed by atoms with van der Waals surface area (Å²) in [5.74, 6) is -0.415. The van der Waals surface area contributed by atoms with Crippen LogP contribution in [0.1, 0.15) is 13.3 Å². The zero-order chi connectivity index (χ0) is 13.0. The summed E-state index contributed by atoms with van der Waals surface area (Å²) in [7, 11) is 0. The second-order valence-electron chi connectivity index (χ2n) is 4.04. The first-order valence-electron chi connectivity index (χ1n) is 5.58. The number of nitrogens with one attached hydrogen (secondary N) is 2. The van der Waals surface area contributed by atoms with Crippen LogP contribution < -0.4 is 5.32 Å². The molecule has 1 unspecified atom stereocenters. The lowest BCUT2D eigenvalue weighted by atomic mass is 10.2. The average Bonchev–Trinajstić information content (AvgIpc) is 2.82. The smallest absolute Gasteiger partial charge is 0.305 e. The summed E-state index contributed by atoms with van der Waals surface area (Å²) in [5.41, 5.74) is 1.92. The van der Waals surface area contributed by atoms with Gasteiger partial charge in [-0.15, -0.1) is 0 Å². The standard InChI is InChI=1S/C12H14N4O2/c1-8(4-11(17)18)16-12-14-6-10(7-15-12)9-2-3-13-5-9/h2-3,5-8,13H,4H2,1H3,(H,17,18)(H,14,15,16). The molecule has 0 saturated carbocycles. The molecule has 2 rings (SSSR count). The molecule has 94 valence electrons. The van der Waals surface area contributed by atoms with Gasteiger partial charge in [0.05, 0.1) is 6.42 Å². The highest BCUT2D eigenvalue weighted by atomic mass is 16.4. The topological polar surface area (TPSA) is 90.9 Å². The maximum Gasteiger partial charge on any atom is 0.305 e. The van der Waals surface area contributed by atoms with Crippen LogP contribution in [0.3, 0.4) is 0 Å². The van der Waals surface area contributed by atoms with Crippen molar-refractivity contribution in [1.29, 1.82) is 0 Å². The van der Waals surface area contributed by atoms with E-state index in [0.29, 0.717) is 5.95 Å². The Balaban J connectivity index is 2.02. The summed E-state index contributed by atoms with van der Waals surface area (Å²) in [6, 6.07) is 1.72. The van der Waals surface area contributed by atoms with Gasteiger partial charge in [0.1, 0.15) is 0 Å². The molecule has 0 aliphatic carbocycles. The molecule has 3 N–H and O–H groups in total. The number of nitrogens with zero attached hydrogens (tertiary/aromatic N) is 2. The van der Waals surface area contributed by atoms with Gasteiger partial charge in [-0.05, 0) is 13.0 Å². The number of hydrogen-bond acceptors (Lipinski definition) is 4. The van der Waals surface area contributed by atoms with Gasteiger partial charge < -0.3 is 15.4 Å². The predicted molar refractivity (Wildman–Crippen MR) is 67.2 cm³/mol. The number of anilines is 1. The van der Waals surface area contributed by atoms with Crippen molar-refractivity contribution in [2.75, 3.05) is 5.32 Å². The van der Waals surface area contributed by atoms with E-state index in [2.05, 4.69) is 20.3 Å². The van der Waals surface area contributed by atoms with Gasteiger partial charge in [-0.25, -0.2) is 9.97 Å². The van der Waals surface area contributed by atoms with Crippen molar-refractivity contribution in [1.82, 2.24) is 15.0 Å². The molecule has 0 radical (unpaired) electrons. The molecule has 0 fully saturated rings. The molecule has 0 aliphatic heterocycles. The van der Waals surface area contributed by atoms with Crippen LogP contribution in [0, 0.1) is 0 Å². The highest BCUT2D eigenvalue weighted by Gasteiger charge is 2.08. The Hall–Kier alpha value is -2.37. The molecule has 0 aliphatic rings. The van der Waals surface area contributed by atoms with Crippen molar-refractivity contribution in [3.8, 4) is 11.1 Å². The Bertz CT molecular complexity index is 507. The molecule has 2 aromatic heterocycles. The maximum atomic E-state index is 10.5. The molecule has 0 aromatic carbocycles. The zero-order valence-corrected chi connectivity index (χ0v) is 9.92. The molecule has 0 saturated heterocycles. The molecule has 2 aromatic rings.